The van der Waals surface area contributed by atoms with E-state index in [2.05, 4.69) is 50.3 Å². The van der Waals surface area contributed by atoms with Gasteiger partial charge in [-0.05, 0) is 105 Å². The van der Waals surface area contributed by atoms with E-state index in [0.717, 1.165) is 12.5 Å². The molecule has 1 aromatic carbocycles. The lowest BCUT2D eigenvalue weighted by Gasteiger charge is -2.54. The van der Waals surface area contributed by atoms with E-state index in [4.69, 9.17) is 4.74 Å². The molecule has 4 aliphatic rings. The molecule has 0 aromatic heterocycles. The molecule has 0 heterocycles. The first-order valence-corrected chi connectivity index (χ1v) is 13.0. The second-order valence-electron chi connectivity index (χ2n) is 10.7. The van der Waals surface area contributed by atoms with Gasteiger partial charge < -0.3 is 4.74 Å². The summed E-state index contributed by atoms with van der Waals surface area (Å²) in [6, 6.07) is 9.99. The van der Waals surface area contributed by atoms with Crippen LogP contribution in [-0.4, -0.2) is 12.7 Å². The molecule has 1 heteroatoms. The third-order valence-electron chi connectivity index (χ3n) is 9.04. The molecule has 4 aliphatic carbocycles. The van der Waals surface area contributed by atoms with Crippen molar-refractivity contribution in [3.8, 4) is 0 Å². The molecule has 0 aliphatic heterocycles. The Balaban J connectivity index is 1.31. The first-order valence-electron chi connectivity index (χ1n) is 13.0. The van der Waals surface area contributed by atoms with E-state index in [9.17, 15) is 0 Å². The zero-order valence-corrected chi connectivity index (χ0v) is 19.6. The summed E-state index contributed by atoms with van der Waals surface area (Å²) in [4.78, 5) is 0. The maximum atomic E-state index is 5.99. The fraction of sp³-hybridized carbons (Fsp3) is 0.724. The van der Waals surface area contributed by atoms with Crippen molar-refractivity contribution >= 4 is 0 Å². The fourth-order valence-electron chi connectivity index (χ4n) is 6.78. The van der Waals surface area contributed by atoms with Crippen LogP contribution in [-0.2, 0) is 10.2 Å². The Morgan fingerprint density at radius 1 is 0.900 bits per heavy atom. The van der Waals surface area contributed by atoms with Gasteiger partial charge in [0, 0.05) is 0 Å². The van der Waals surface area contributed by atoms with Crippen LogP contribution in [0.5, 0.6) is 0 Å². The van der Waals surface area contributed by atoms with Crippen molar-refractivity contribution in [1.29, 1.82) is 0 Å². The highest BCUT2D eigenvalue weighted by Crippen LogP contribution is 2.59. The highest BCUT2D eigenvalue weighted by molar-refractivity contribution is 5.33. The van der Waals surface area contributed by atoms with Crippen LogP contribution < -0.4 is 0 Å². The molecule has 0 amide bonds. The molecule has 1 aromatic rings. The minimum atomic E-state index is 0.470. The van der Waals surface area contributed by atoms with Crippen LogP contribution in [0.15, 0.2) is 36.4 Å². The molecule has 4 saturated carbocycles. The second-order valence-corrected chi connectivity index (χ2v) is 10.7. The number of fused-ring (bicyclic) bond motifs is 3. The van der Waals surface area contributed by atoms with Crippen molar-refractivity contribution in [2.75, 3.05) is 6.61 Å². The van der Waals surface area contributed by atoms with Gasteiger partial charge in [0.25, 0.3) is 0 Å². The van der Waals surface area contributed by atoms with E-state index in [1.54, 1.807) is 11.1 Å². The van der Waals surface area contributed by atoms with Crippen molar-refractivity contribution in [2.24, 2.45) is 5.41 Å². The van der Waals surface area contributed by atoms with Gasteiger partial charge in [-0.25, -0.2) is 0 Å². The summed E-state index contributed by atoms with van der Waals surface area (Å²) in [6.07, 6.45) is 24.2. The molecule has 30 heavy (non-hydrogen) atoms. The van der Waals surface area contributed by atoms with Crippen molar-refractivity contribution in [1.82, 2.24) is 0 Å². The smallest absolute Gasteiger partial charge is 0.0651 e. The van der Waals surface area contributed by atoms with Gasteiger partial charge in [-0.15, -0.1) is 0 Å². The van der Waals surface area contributed by atoms with Gasteiger partial charge in [-0.2, -0.15) is 0 Å². The molecular formula is C29H44O. The SMILES string of the molecule is C/C=C/CO[C@H]1CC[C@H](c2ccc(C34CCC(CCCCC)(CC3)CC4)cc2)CC1. The number of ether oxygens (including phenoxy) is 1. The van der Waals surface area contributed by atoms with Gasteiger partial charge >= 0.3 is 0 Å². The van der Waals surface area contributed by atoms with Crippen LogP contribution in [0.3, 0.4) is 0 Å². The summed E-state index contributed by atoms with van der Waals surface area (Å²) < 4.78 is 5.99. The Bertz CT molecular complexity index is 652. The first kappa shape index (κ1) is 22.1. The topological polar surface area (TPSA) is 9.23 Å². The maximum absolute atomic E-state index is 5.99. The largest absolute Gasteiger partial charge is 0.374 e. The number of unbranched alkanes of at least 4 members (excludes halogenated alkanes) is 2. The second kappa shape index (κ2) is 10.0. The van der Waals surface area contributed by atoms with Crippen LogP contribution in [0.4, 0.5) is 0 Å². The van der Waals surface area contributed by atoms with Gasteiger partial charge in [0.15, 0.2) is 0 Å². The van der Waals surface area contributed by atoms with Crippen LogP contribution in [0.2, 0.25) is 0 Å². The van der Waals surface area contributed by atoms with E-state index >= 15 is 0 Å². The van der Waals surface area contributed by atoms with Crippen molar-refractivity contribution in [3.63, 3.8) is 0 Å². The molecule has 0 spiro atoms. The van der Waals surface area contributed by atoms with Crippen molar-refractivity contribution < 1.29 is 4.74 Å². The van der Waals surface area contributed by atoms with E-state index in [1.807, 2.05) is 0 Å². The molecule has 166 valence electrons. The van der Waals surface area contributed by atoms with E-state index in [1.165, 1.54) is 89.9 Å². The summed E-state index contributed by atoms with van der Waals surface area (Å²) in [7, 11) is 0. The average Bonchev–Trinajstić information content (AvgIpc) is 2.81. The quantitative estimate of drug-likeness (QED) is 0.294. The predicted molar refractivity (Wildman–Crippen MR) is 128 cm³/mol. The monoisotopic (exact) mass is 408 g/mol. The normalized spacial score (nSPS) is 33.9. The van der Waals surface area contributed by atoms with Crippen molar-refractivity contribution in [2.45, 2.75) is 121 Å². The van der Waals surface area contributed by atoms with Gasteiger partial charge in [0.1, 0.15) is 0 Å². The molecular weight excluding hydrogens is 364 g/mol. The van der Waals surface area contributed by atoms with Gasteiger partial charge in [-0.1, -0.05) is 62.6 Å². The van der Waals surface area contributed by atoms with Crippen molar-refractivity contribution in [3.05, 3.63) is 47.5 Å². The third kappa shape index (κ3) is 4.87. The van der Waals surface area contributed by atoms with Gasteiger partial charge in [-0.3, -0.25) is 0 Å². The number of hydrogen-bond acceptors (Lipinski definition) is 1. The highest BCUT2D eigenvalue weighted by atomic mass is 16.5. The summed E-state index contributed by atoms with van der Waals surface area (Å²) in [5.74, 6) is 0.738. The molecule has 1 nitrogen and oxygen atoms in total. The Kier molecular flexibility index (Phi) is 7.40. The molecule has 0 unspecified atom stereocenters. The van der Waals surface area contributed by atoms with Gasteiger partial charge in [0.2, 0.25) is 0 Å². The summed E-state index contributed by atoms with van der Waals surface area (Å²) in [6.45, 7) is 5.18. The van der Waals surface area contributed by atoms with E-state index in [-0.39, 0.29) is 0 Å². The predicted octanol–water partition coefficient (Wildman–Crippen LogP) is 8.48. The number of benzene rings is 1. The Labute approximate surface area is 185 Å². The highest BCUT2D eigenvalue weighted by Gasteiger charge is 2.48. The maximum Gasteiger partial charge on any atom is 0.0651 e. The molecule has 0 atom stereocenters. The lowest BCUT2D eigenvalue weighted by Crippen LogP contribution is -2.44. The lowest BCUT2D eigenvalue weighted by atomic mass is 9.51. The molecule has 0 saturated heterocycles. The minimum Gasteiger partial charge on any atom is -0.374 e. The first-order chi connectivity index (χ1) is 14.7. The fourth-order valence-corrected chi connectivity index (χ4v) is 6.78. The third-order valence-corrected chi connectivity index (χ3v) is 9.04. The summed E-state index contributed by atoms with van der Waals surface area (Å²) >= 11 is 0. The van der Waals surface area contributed by atoms with Crippen LogP contribution in [0.25, 0.3) is 0 Å². The molecule has 5 rings (SSSR count). The average molecular weight is 409 g/mol. The van der Waals surface area contributed by atoms with Crippen LogP contribution in [0.1, 0.15) is 121 Å². The Morgan fingerprint density at radius 2 is 1.57 bits per heavy atom. The zero-order valence-electron chi connectivity index (χ0n) is 19.6. The Hall–Kier alpha value is -1.08. The number of allylic oxidation sites excluding steroid dienone is 1. The molecule has 4 fully saturated rings. The molecule has 2 bridgehead atoms. The summed E-state index contributed by atoms with van der Waals surface area (Å²) in [5, 5.41) is 0. The lowest BCUT2D eigenvalue weighted by molar-refractivity contribution is 0.0305. The minimum absolute atomic E-state index is 0.470. The standard InChI is InChI=1S/C29H44O/c1-3-5-7-16-28-17-20-29(21-18-28,22-19-28)26-12-8-24(9-13-26)25-10-14-27(15-11-25)30-23-6-4-2/h4,6,8-9,12-13,25,27H,3,5,7,10-11,14-23H2,1-2H3/b6-4+/t25-,27-,28?,29?. The molecule has 0 N–H and O–H groups in total. The van der Waals surface area contributed by atoms with E-state index < -0.39 is 0 Å². The number of rotatable bonds is 9. The zero-order chi connectivity index (χ0) is 20.9. The number of hydrogen-bond donors (Lipinski definition) is 0. The molecule has 0 radical (unpaired) electrons. The Morgan fingerprint density at radius 3 is 2.17 bits per heavy atom. The van der Waals surface area contributed by atoms with E-state index in [0.29, 0.717) is 16.9 Å². The van der Waals surface area contributed by atoms with Gasteiger partial charge in [0.05, 0.1) is 12.7 Å². The summed E-state index contributed by atoms with van der Waals surface area (Å²) in [5.41, 5.74) is 4.44. The van der Waals surface area contributed by atoms with Crippen LogP contribution >= 0.6 is 0 Å². The van der Waals surface area contributed by atoms with Crippen LogP contribution in [0, 0.1) is 5.41 Å².